The molecular weight excluding hydrogens is 274 g/mol. The molecule has 0 spiro atoms. The summed E-state index contributed by atoms with van der Waals surface area (Å²) in [5.41, 5.74) is 6.66. The third kappa shape index (κ3) is 1.88. The zero-order valence-electron chi connectivity index (χ0n) is 12.0. The largest absolute Gasteiger partial charge is 0.364 e. The zero-order valence-corrected chi connectivity index (χ0v) is 12.0. The maximum Gasteiger partial charge on any atom is 0.267 e. The van der Waals surface area contributed by atoms with Gasteiger partial charge in [0.05, 0.1) is 5.41 Å². The van der Waals surface area contributed by atoms with Crippen molar-refractivity contribution in [3.05, 3.63) is 71.8 Å². The van der Waals surface area contributed by atoms with Crippen molar-refractivity contribution in [2.45, 2.75) is 18.3 Å². The SMILES string of the molecule is NC(=O)c1ccnc(C2(c3cccc4ccccc34)CC2)n1. The Balaban J connectivity index is 1.91. The summed E-state index contributed by atoms with van der Waals surface area (Å²) in [7, 11) is 0. The molecule has 0 bridgehead atoms. The van der Waals surface area contributed by atoms with Crippen LogP contribution in [0, 0.1) is 0 Å². The van der Waals surface area contributed by atoms with Gasteiger partial charge in [0.1, 0.15) is 11.5 Å². The molecule has 108 valence electrons. The van der Waals surface area contributed by atoms with E-state index in [4.69, 9.17) is 5.73 Å². The van der Waals surface area contributed by atoms with Crippen LogP contribution >= 0.6 is 0 Å². The molecule has 1 saturated carbocycles. The van der Waals surface area contributed by atoms with E-state index in [1.165, 1.54) is 16.3 Å². The van der Waals surface area contributed by atoms with Gasteiger partial charge >= 0.3 is 0 Å². The van der Waals surface area contributed by atoms with Crippen LogP contribution in [0.3, 0.4) is 0 Å². The molecule has 1 aliphatic carbocycles. The predicted molar refractivity (Wildman–Crippen MR) is 84.5 cm³/mol. The highest BCUT2D eigenvalue weighted by atomic mass is 16.1. The van der Waals surface area contributed by atoms with Crippen LogP contribution in [0.15, 0.2) is 54.7 Å². The fourth-order valence-electron chi connectivity index (χ4n) is 3.11. The molecule has 1 aromatic heterocycles. The first-order valence-corrected chi connectivity index (χ1v) is 7.32. The third-order valence-corrected chi connectivity index (χ3v) is 4.39. The van der Waals surface area contributed by atoms with Crippen LogP contribution in [0.2, 0.25) is 0 Å². The molecule has 0 aliphatic heterocycles. The zero-order chi connectivity index (χ0) is 15.2. The monoisotopic (exact) mass is 289 g/mol. The highest BCUT2D eigenvalue weighted by Crippen LogP contribution is 2.53. The number of amides is 1. The van der Waals surface area contributed by atoms with Crippen molar-refractivity contribution in [1.29, 1.82) is 0 Å². The second-order valence-corrected chi connectivity index (χ2v) is 5.74. The van der Waals surface area contributed by atoms with Gasteiger partial charge in [0, 0.05) is 6.20 Å². The van der Waals surface area contributed by atoms with Crippen LogP contribution in [0.4, 0.5) is 0 Å². The van der Waals surface area contributed by atoms with Crippen molar-refractivity contribution in [3.8, 4) is 0 Å². The van der Waals surface area contributed by atoms with Crippen molar-refractivity contribution >= 4 is 16.7 Å². The molecule has 4 heteroatoms. The number of nitrogens with two attached hydrogens (primary N) is 1. The minimum atomic E-state index is -0.516. The minimum Gasteiger partial charge on any atom is -0.364 e. The number of carbonyl (C=O) groups is 1. The van der Waals surface area contributed by atoms with Gasteiger partial charge in [0.15, 0.2) is 0 Å². The van der Waals surface area contributed by atoms with Crippen molar-refractivity contribution in [2.24, 2.45) is 5.73 Å². The number of carbonyl (C=O) groups excluding carboxylic acids is 1. The molecule has 4 rings (SSSR count). The average Bonchev–Trinajstić information content (AvgIpc) is 3.36. The Bertz CT molecular complexity index is 879. The Morgan fingerprint density at radius 3 is 2.59 bits per heavy atom. The summed E-state index contributed by atoms with van der Waals surface area (Å²) in [5, 5.41) is 2.42. The number of rotatable bonds is 3. The molecule has 4 nitrogen and oxygen atoms in total. The highest BCUT2D eigenvalue weighted by molar-refractivity contribution is 5.91. The van der Waals surface area contributed by atoms with Gasteiger partial charge < -0.3 is 5.73 Å². The molecule has 0 atom stereocenters. The number of nitrogens with zero attached hydrogens (tertiary/aromatic N) is 2. The normalized spacial score (nSPS) is 15.6. The summed E-state index contributed by atoms with van der Waals surface area (Å²) >= 11 is 0. The fraction of sp³-hybridized carbons (Fsp3) is 0.167. The Morgan fingerprint density at radius 2 is 1.82 bits per heavy atom. The van der Waals surface area contributed by atoms with Crippen LogP contribution in [-0.4, -0.2) is 15.9 Å². The lowest BCUT2D eigenvalue weighted by molar-refractivity contribution is 0.0995. The van der Waals surface area contributed by atoms with E-state index in [0.29, 0.717) is 5.82 Å². The first-order valence-electron chi connectivity index (χ1n) is 7.32. The number of hydrogen-bond donors (Lipinski definition) is 1. The van der Waals surface area contributed by atoms with Crippen molar-refractivity contribution in [3.63, 3.8) is 0 Å². The van der Waals surface area contributed by atoms with E-state index in [-0.39, 0.29) is 11.1 Å². The Hall–Kier alpha value is -2.75. The maximum absolute atomic E-state index is 11.4. The van der Waals surface area contributed by atoms with Gasteiger partial charge in [-0.3, -0.25) is 4.79 Å². The summed E-state index contributed by atoms with van der Waals surface area (Å²) in [4.78, 5) is 20.2. The number of fused-ring (bicyclic) bond motifs is 1. The minimum absolute atomic E-state index is 0.188. The van der Waals surface area contributed by atoms with Crippen LogP contribution in [0.5, 0.6) is 0 Å². The van der Waals surface area contributed by atoms with Gasteiger partial charge in [0.2, 0.25) is 0 Å². The standard InChI is InChI=1S/C18H15N3O/c19-16(22)15-8-11-20-17(21-15)18(9-10-18)14-7-3-5-12-4-1-2-6-13(12)14/h1-8,11H,9-10H2,(H2,19,22). The average molecular weight is 289 g/mol. The van der Waals surface area contributed by atoms with E-state index in [2.05, 4.69) is 40.3 Å². The molecule has 1 heterocycles. The highest BCUT2D eigenvalue weighted by Gasteiger charge is 2.49. The van der Waals surface area contributed by atoms with Crippen LogP contribution in [0.1, 0.15) is 34.7 Å². The third-order valence-electron chi connectivity index (χ3n) is 4.39. The van der Waals surface area contributed by atoms with E-state index in [0.717, 1.165) is 12.8 Å². The molecule has 1 aliphatic rings. The number of primary amides is 1. The second-order valence-electron chi connectivity index (χ2n) is 5.74. The van der Waals surface area contributed by atoms with E-state index in [9.17, 15) is 4.79 Å². The van der Waals surface area contributed by atoms with Gasteiger partial charge in [-0.1, -0.05) is 42.5 Å². The maximum atomic E-state index is 11.4. The van der Waals surface area contributed by atoms with Crippen LogP contribution in [-0.2, 0) is 5.41 Å². The molecule has 1 fully saturated rings. The van der Waals surface area contributed by atoms with Crippen LogP contribution in [0.25, 0.3) is 10.8 Å². The summed E-state index contributed by atoms with van der Waals surface area (Å²) in [6, 6.07) is 16.2. The van der Waals surface area contributed by atoms with E-state index < -0.39 is 5.91 Å². The van der Waals surface area contributed by atoms with Gasteiger partial charge in [-0.25, -0.2) is 9.97 Å². The van der Waals surface area contributed by atoms with Gasteiger partial charge in [0.25, 0.3) is 5.91 Å². The van der Waals surface area contributed by atoms with Gasteiger partial charge in [-0.2, -0.15) is 0 Å². The fourth-order valence-corrected chi connectivity index (χ4v) is 3.11. The molecule has 3 aromatic rings. The first-order chi connectivity index (χ1) is 10.7. The number of benzene rings is 2. The Morgan fingerprint density at radius 1 is 1.05 bits per heavy atom. The van der Waals surface area contributed by atoms with Gasteiger partial charge in [-0.15, -0.1) is 0 Å². The van der Waals surface area contributed by atoms with E-state index >= 15 is 0 Å². The van der Waals surface area contributed by atoms with E-state index in [1.54, 1.807) is 12.3 Å². The van der Waals surface area contributed by atoms with Crippen LogP contribution < -0.4 is 5.73 Å². The Labute approximate surface area is 128 Å². The lowest BCUT2D eigenvalue weighted by Crippen LogP contribution is -2.19. The molecule has 0 unspecified atom stereocenters. The second kappa shape index (κ2) is 4.63. The first kappa shape index (κ1) is 13.0. The molecule has 0 saturated heterocycles. The van der Waals surface area contributed by atoms with Crippen molar-refractivity contribution < 1.29 is 4.79 Å². The smallest absolute Gasteiger partial charge is 0.267 e. The summed E-state index contributed by atoms with van der Waals surface area (Å²) in [5.74, 6) is 0.178. The Kier molecular flexibility index (Phi) is 2.73. The van der Waals surface area contributed by atoms with Gasteiger partial charge in [-0.05, 0) is 35.2 Å². The number of aromatic nitrogens is 2. The van der Waals surface area contributed by atoms with Crippen molar-refractivity contribution in [1.82, 2.24) is 9.97 Å². The molecule has 1 amide bonds. The molecule has 2 aromatic carbocycles. The molecule has 2 N–H and O–H groups in total. The van der Waals surface area contributed by atoms with Crippen molar-refractivity contribution in [2.75, 3.05) is 0 Å². The summed E-state index contributed by atoms with van der Waals surface area (Å²) < 4.78 is 0. The quantitative estimate of drug-likeness (QED) is 0.806. The summed E-state index contributed by atoms with van der Waals surface area (Å²) in [6.07, 6.45) is 3.60. The lowest BCUT2D eigenvalue weighted by atomic mass is 9.90. The van der Waals surface area contributed by atoms with E-state index in [1.807, 2.05) is 12.1 Å². The lowest BCUT2D eigenvalue weighted by Gasteiger charge is -2.17. The molecule has 0 radical (unpaired) electrons. The summed E-state index contributed by atoms with van der Waals surface area (Å²) in [6.45, 7) is 0. The molecular formula is C18H15N3O. The predicted octanol–water partition coefficient (Wildman–Crippen LogP) is 2.81. The topological polar surface area (TPSA) is 68.9 Å². The molecule has 22 heavy (non-hydrogen) atoms. The number of hydrogen-bond acceptors (Lipinski definition) is 3.